The Morgan fingerprint density at radius 2 is 1.63 bits per heavy atom. The lowest BCUT2D eigenvalue weighted by Gasteiger charge is -2.26. The molecule has 0 atom stereocenters. The summed E-state index contributed by atoms with van der Waals surface area (Å²) in [6, 6.07) is 17.9. The van der Waals surface area contributed by atoms with Crippen LogP contribution in [-0.2, 0) is 16.0 Å². The van der Waals surface area contributed by atoms with E-state index in [2.05, 4.69) is 17.4 Å². The first-order valence-corrected chi connectivity index (χ1v) is 9.38. The first-order chi connectivity index (χ1) is 13.1. The van der Waals surface area contributed by atoms with E-state index in [0.29, 0.717) is 31.4 Å². The van der Waals surface area contributed by atoms with Crippen molar-refractivity contribution in [3.05, 3.63) is 65.7 Å². The Bertz CT molecular complexity index is 767. The van der Waals surface area contributed by atoms with E-state index < -0.39 is 5.97 Å². The van der Waals surface area contributed by atoms with Crippen molar-refractivity contribution >= 4 is 11.9 Å². The van der Waals surface area contributed by atoms with Crippen LogP contribution in [0, 0.1) is 5.92 Å². The number of amides is 1. The van der Waals surface area contributed by atoms with E-state index >= 15 is 0 Å². The predicted molar refractivity (Wildman–Crippen MR) is 103 cm³/mol. The molecule has 0 aliphatic heterocycles. The third-order valence-electron chi connectivity index (χ3n) is 5.01. The topological polar surface area (TPSA) is 75.6 Å². The molecule has 2 aromatic rings. The standard InChI is InChI=1S/C22H25NO4/c24-21(23-19-12-10-17(11-13-19)22(25)26)15-27-20-9-5-4-8-18(20)14-16-6-2-1-3-7-16/h1-9,17,19H,10-15H2,(H,23,24)(H,25,26). The van der Waals surface area contributed by atoms with Gasteiger partial charge in [0, 0.05) is 12.5 Å². The van der Waals surface area contributed by atoms with Crippen LogP contribution in [0.2, 0.25) is 0 Å². The lowest BCUT2D eigenvalue weighted by Crippen LogP contribution is -2.40. The van der Waals surface area contributed by atoms with Crippen LogP contribution in [0.3, 0.4) is 0 Å². The van der Waals surface area contributed by atoms with Gasteiger partial charge in [-0.1, -0.05) is 48.5 Å². The van der Waals surface area contributed by atoms with Crippen molar-refractivity contribution in [2.45, 2.75) is 38.1 Å². The maximum Gasteiger partial charge on any atom is 0.306 e. The highest BCUT2D eigenvalue weighted by Gasteiger charge is 2.26. The Balaban J connectivity index is 1.50. The van der Waals surface area contributed by atoms with Crippen molar-refractivity contribution in [2.24, 2.45) is 5.92 Å². The summed E-state index contributed by atoms with van der Waals surface area (Å²) < 4.78 is 5.77. The van der Waals surface area contributed by atoms with E-state index in [1.165, 1.54) is 5.56 Å². The van der Waals surface area contributed by atoms with Crippen LogP contribution in [0.4, 0.5) is 0 Å². The Hall–Kier alpha value is -2.82. The molecule has 2 aromatic carbocycles. The first kappa shape index (κ1) is 19.0. The second kappa shape index (κ2) is 9.21. The summed E-state index contributed by atoms with van der Waals surface area (Å²) in [4.78, 5) is 23.2. The summed E-state index contributed by atoms with van der Waals surface area (Å²) in [5, 5.41) is 12.0. The number of carbonyl (C=O) groups excluding carboxylic acids is 1. The Labute approximate surface area is 159 Å². The van der Waals surface area contributed by atoms with Gasteiger partial charge in [-0.3, -0.25) is 9.59 Å². The minimum atomic E-state index is -0.738. The van der Waals surface area contributed by atoms with Crippen LogP contribution < -0.4 is 10.1 Å². The van der Waals surface area contributed by atoms with Gasteiger partial charge in [0.1, 0.15) is 5.75 Å². The van der Waals surface area contributed by atoms with Crippen molar-refractivity contribution in [3.63, 3.8) is 0 Å². The zero-order valence-electron chi connectivity index (χ0n) is 15.3. The Kier molecular flexibility index (Phi) is 6.47. The number of ether oxygens (including phenoxy) is 1. The highest BCUT2D eigenvalue weighted by atomic mass is 16.5. The molecule has 0 unspecified atom stereocenters. The SMILES string of the molecule is O=C(COc1ccccc1Cc1ccccc1)NC1CCC(C(=O)O)CC1. The summed E-state index contributed by atoms with van der Waals surface area (Å²) >= 11 is 0. The minimum absolute atomic E-state index is 0.0370. The van der Waals surface area contributed by atoms with Crippen molar-refractivity contribution in [1.29, 1.82) is 0 Å². The number of aliphatic carboxylic acids is 1. The van der Waals surface area contributed by atoms with Crippen LogP contribution in [-0.4, -0.2) is 29.6 Å². The van der Waals surface area contributed by atoms with Crippen LogP contribution >= 0.6 is 0 Å². The third-order valence-corrected chi connectivity index (χ3v) is 5.01. The zero-order chi connectivity index (χ0) is 19.1. The molecule has 27 heavy (non-hydrogen) atoms. The largest absolute Gasteiger partial charge is 0.483 e. The smallest absolute Gasteiger partial charge is 0.306 e. The molecule has 0 heterocycles. The average molecular weight is 367 g/mol. The number of hydrogen-bond acceptors (Lipinski definition) is 3. The van der Waals surface area contributed by atoms with Crippen molar-refractivity contribution in [1.82, 2.24) is 5.32 Å². The molecule has 5 nitrogen and oxygen atoms in total. The maximum atomic E-state index is 12.2. The predicted octanol–water partition coefficient (Wildman–Crippen LogP) is 3.42. The average Bonchev–Trinajstić information content (AvgIpc) is 2.68. The number of carboxylic acid groups (broad SMARTS) is 1. The van der Waals surface area contributed by atoms with E-state index in [4.69, 9.17) is 9.84 Å². The normalized spacial score (nSPS) is 19.3. The van der Waals surface area contributed by atoms with Gasteiger partial charge in [0.05, 0.1) is 5.92 Å². The molecule has 0 bridgehead atoms. The van der Waals surface area contributed by atoms with E-state index in [0.717, 1.165) is 12.0 Å². The number of benzene rings is 2. The number of para-hydroxylation sites is 1. The van der Waals surface area contributed by atoms with E-state index in [-0.39, 0.29) is 24.5 Å². The second-order valence-electron chi connectivity index (χ2n) is 7.01. The number of nitrogens with one attached hydrogen (secondary N) is 1. The number of rotatable bonds is 7. The molecular weight excluding hydrogens is 342 g/mol. The lowest BCUT2D eigenvalue weighted by atomic mass is 9.86. The van der Waals surface area contributed by atoms with Crippen molar-refractivity contribution in [3.8, 4) is 5.75 Å². The molecule has 3 rings (SSSR count). The lowest BCUT2D eigenvalue weighted by molar-refractivity contribution is -0.142. The van der Waals surface area contributed by atoms with Crippen molar-refractivity contribution in [2.75, 3.05) is 6.61 Å². The summed E-state index contributed by atoms with van der Waals surface area (Å²) in [5.74, 6) is -0.466. The van der Waals surface area contributed by atoms with Gasteiger partial charge in [-0.15, -0.1) is 0 Å². The molecule has 2 N–H and O–H groups in total. The molecule has 5 heteroatoms. The molecule has 1 aliphatic carbocycles. The van der Waals surface area contributed by atoms with E-state index in [1.807, 2.05) is 42.5 Å². The van der Waals surface area contributed by atoms with Crippen LogP contribution in [0.1, 0.15) is 36.8 Å². The maximum absolute atomic E-state index is 12.2. The molecule has 0 radical (unpaired) electrons. The monoisotopic (exact) mass is 367 g/mol. The van der Waals surface area contributed by atoms with Gasteiger partial charge in [-0.2, -0.15) is 0 Å². The van der Waals surface area contributed by atoms with Crippen LogP contribution in [0.15, 0.2) is 54.6 Å². The minimum Gasteiger partial charge on any atom is -0.483 e. The van der Waals surface area contributed by atoms with Gasteiger partial charge in [-0.25, -0.2) is 0 Å². The van der Waals surface area contributed by atoms with Gasteiger partial charge in [-0.05, 0) is 42.9 Å². The zero-order valence-corrected chi connectivity index (χ0v) is 15.3. The summed E-state index contributed by atoms with van der Waals surface area (Å²) in [6.45, 7) is -0.0370. The fourth-order valence-electron chi connectivity index (χ4n) is 3.50. The molecule has 0 aromatic heterocycles. The number of carbonyl (C=O) groups is 2. The molecule has 0 saturated heterocycles. The molecule has 1 fully saturated rings. The van der Waals surface area contributed by atoms with Gasteiger partial charge >= 0.3 is 5.97 Å². The summed E-state index contributed by atoms with van der Waals surface area (Å²) in [7, 11) is 0. The van der Waals surface area contributed by atoms with Crippen LogP contribution in [0.5, 0.6) is 5.75 Å². The molecule has 142 valence electrons. The summed E-state index contributed by atoms with van der Waals surface area (Å²) in [5.41, 5.74) is 2.23. The summed E-state index contributed by atoms with van der Waals surface area (Å²) in [6.07, 6.45) is 3.38. The van der Waals surface area contributed by atoms with Gasteiger partial charge in [0.15, 0.2) is 6.61 Å². The molecule has 1 saturated carbocycles. The first-order valence-electron chi connectivity index (χ1n) is 9.38. The fraction of sp³-hybridized carbons (Fsp3) is 0.364. The Morgan fingerprint density at radius 3 is 2.33 bits per heavy atom. The Morgan fingerprint density at radius 1 is 0.963 bits per heavy atom. The van der Waals surface area contributed by atoms with Crippen LogP contribution in [0.25, 0.3) is 0 Å². The number of hydrogen-bond donors (Lipinski definition) is 2. The quantitative estimate of drug-likeness (QED) is 0.786. The van der Waals surface area contributed by atoms with Gasteiger partial charge in [0.25, 0.3) is 5.91 Å². The third kappa shape index (κ3) is 5.58. The highest BCUT2D eigenvalue weighted by molar-refractivity contribution is 5.78. The number of carboxylic acids is 1. The van der Waals surface area contributed by atoms with Crippen molar-refractivity contribution < 1.29 is 19.4 Å². The van der Waals surface area contributed by atoms with Gasteiger partial charge < -0.3 is 15.2 Å². The molecule has 1 amide bonds. The highest BCUT2D eigenvalue weighted by Crippen LogP contribution is 2.25. The van der Waals surface area contributed by atoms with E-state index in [1.54, 1.807) is 0 Å². The fourth-order valence-corrected chi connectivity index (χ4v) is 3.50. The molecular formula is C22H25NO4. The van der Waals surface area contributed by atoms with Gasteiger partial charge in [0.2, 0.25) is 0 Å². The molecule has 1 aliphatic rings. The van der Waals surface area contributed by atoms with E-state index in [9.17, 15) is 9.59 Å². The molecule has 0 spiro atoms. The second-order valence-corrected chi connectivity index (χ2v) is 7.01.